The van der Waals surface area contributed by atoms with Crippen LogP contribution in [0.1, 0.15) is 145 Å². The molecule has 3 aromatic heterocycles. The van der Waals surface area contributed by atoms with E-state index in [1.54, 1.807) is 4.80 Å². The van der Waals surface area contributed by atoms with Crippen molar-refractivity contribution < 1.29 is 8.78 Å². The highest BCUT2D eigenvalue weighted by Crippen LogP contribution is 2.56. The normalized spacial score (nSPS) is 13.2. The van der Waals surface area contributed by atoms with Gasteiger partial charge in [0.2, 0.25) is 0 Å². The first kappa shape index (κ1) is 40.5. The highest BCUT2D eigenvalue weighted by atomic mass is 32.1. The van der Waals surface area contributed by atoms with Crippen molar-refractivity contribution >= 4 is 33.7 Å². The Bertz CT molecular complexity index is 2250. The van der Waals surface area contributed by atoms with Gasteiger partial charge >= 0.3 is 0 Å². The lowest BCUT2D eigenvalue weighted by molar-refractivity contribution is 0.401. The van der Waals surface area contributed by atoms with Crippen LogP contribution in [0, 0.1) is 25.5 Å². The number of aryl methyl sites for hydroxylation is 3. The number of benzene rings is 3. The molecule has 0 spiro atoms. The molecule has 56 heavy (non-hydrogen) atoms. The van der Waals surface area contributed by atoms with Crippen LogP contribution in [0.15, 0.2) is 60.7 Å². The Kier molecular flexibility index (Phi) is 13.2. The molecule has 3 heterocycles. The molecular weight excluding hydrogens is 733 g/mol. The van der Waals surface area contributed by atoms with E-state index in [0.717, 1.165) is 41.0 Å². The van der Waals surface area contributed by atoms with Crippen LogP contribution < -0.4 is 0 Å². The smallest absolute Gasteiger partial charge is 0.170 e. The first-order valence-electron chi connectivity index (χ1n) is 21.5. The molecular formula is C49H59F2N3S2. The van der Waals surface area contributed by atoms with Crippen molar-refractivity contribution in [1.29, 1.82) is 0 Å². The van der Waals surface area contributed by atoms with Gasteiger partial charge in [-0.25, -0.2) is 8.78 Å². The fraction of sp³-hybridized carbons (Fsp3) is 0.469. The standard InChI is InChI=1S/C49H59F2N3S2/c1-6-9-12-15-16-19-30-54-52-47-43(41-25-21-34(5)55-41)45(50)46(51)44(48(47)53-54)42-27-26-40(56-42)35-22-24-37-36-23-20-33(4)31-38(36)49(39(37)32-35,28-17-13-10-7-2)29-18-14-11-8-3/h20-27,31-32H,6-19,28-30H2,1-5H3. The van der Waals surface area contributed by atoms with Crippen molar-refractivity contribution in [2.45, 2.75) is 149 Å². The van der Waals surface area contributed by atoms with E-state index >= 15 is 8.78 Å². The number of halogens is 2. The van der Waals surface area contributed by atoms with Crippen molar-refractivity contribution in [2.75, 3.05) is 0 Å². The van der Waals surface area contributed by atoms with Crippen LogP contribution in [-0.2, 0) is 12.0 Å². The van der Waals surface area contributed by atoms with Crippen molar-refractivity contribution in [3.8, 4) is 42.4 Å². The molecule has 7 heteroatoms. The zero-order valence-corrected chi connectivity index (χ0v) is 35.8. The quantitative estimate of drug-likeness (QED) is 0.0721. The lowest BCUT2D eigenvalue weighted by Crippen LogP contribution is -2.25. The van der Waals surface area contributed by atoms with Crippen molar-refractivity contribution in [2.24, 2.45) is 0 Å². The second-order valence-corrected chi connectivity index (χ2v) is 18.6. The fourth-order valence-corrected chi connectivity index (χ4v) is 11.0. The van der Waals surface area contributed by atoms with Gasteiger partial charge in [-0.05, 0) is 91.3 Å². The van der Waals surface area contributed by atoms with Crippen LogP contribution >= 0.6 is 22.7 Å². The summed E-state index contributed by atoms with van der Waals surface area (Å²) in [5.74, 6) is -1.70. The Morgan fingerprint density at radius 2 is 1.07 bits per heavy atom. The average molecular weight is 792 g/mol. The number of nitrogens with zero attached hydrogens (tertiary/aromatic N) is 3. The van der Waals surface area contributed by atoms with Gasteiger partial charge in [-0.3, -0.25) is 0 Å². The van der Waals surface area contributed by atoms with Gasteiger partial charge in [0.05, 0.1) is 17.7 Å². The van der Waals surface area contributed by atoms with Crippen molar-refractivity contribution in [3.05, 3.63) is 93.9 Å². The summed E-state index contributed by atoms with van der Waals surface area (Å²) in [6.07, 6.45) is 19.1. The maximum atomic E-state index is 16.6. The molecule has 0 saturated carbocycles. The van der Waals surface area contributed by atoms with E-state index in [1.165, 1.54) is 128 Å². The molecule has 0 fully saturated rings. The summed E-state index contributed by atoms with van der Waals surface area (Å²) in [7, 11) is 0. The topological polar surface area (TPSA) is 30.7 Å². The first-order chi connectivity index (χ1) is 27.3. The van der Waals surface area contributed by atoms with Crippen LogP contribution in [0.3, 0.4) is 0 Å². The molecule has 296 valence electrons. The molecule has 0 unspecified atom stereocenters. The zero-order valence-electron chi connectivity index (χ0n) is 34.2. The van der Waals surface area contributed by atoms with Gasteiger partial charge in [-0.2, -0.15) is 15.0 Å². The van der Waals surface area contributed by atoms with Gasteiger partial charge in [0.1, 0.15) is 11.0 Å². The molecule has 1 aliphatic carbocycles. The third-order valence-corrected chi connectivity index (χ3v) is 14.2. The maximum Gasteiger partial charge on any atom is 0.170 e. The van der Waals surface area contributed by atoms with Crippen molar-refractivity contribution in [3.63, 3.8) is 0 Å². The van der Waals surface area contributed by atoms with Gasteiger partial charge in [-0.15, -0.1) is 22.7 Å². The summed E-state index contributed by atoms with van der Waals surface area (Å²) in [4.78, 5) is 5.11. The Morgan fingerprint density at radius 1 is 0.554 bits per heavy atom. The number of fused-ring (bicyclic) bond motifs is 4. The fourth-order valence-electron chi connectivity index (χ4n) is 9.02. The minimum atomic E-state index is -0.850. The molecule has 3 nitrogen and oxygen atoms in total. The predicted octanol–water partition coefficient (Wildman–Crippen LogP) is 16.0. The molecule has 0 amide bonds. The Morgan fingerprint density at radius 3 is 1.68 bits per heavy atom. The summed E-state index contributed by atoms with van der Waals surface area (Å²) in [5.41, 5.74) is 9.37. The first-order valence-corrected chi connectivity index (χ1v) is 23.1. The highest BCUT2D eigenvalue weighted by Gasteiger charge is 2.42. The van der Waals surface area contributed by atoms with Crippen molar-refractivity contribution in [1.82, 2.24) is 15.0 Å². The molecule has 7 rings (SSSR count). The highest BCUT2D eigenvalue weighted by molar-refractivity contribution is 7.19. The summed E-state index contributed by atoms with van der Waals surface area (Å²) in [5, 5.41) is 9.74. The van der Waals surface area contributed by atoms with Gasteiger partial charge in [0, 0.05) is 24.9 Å². The van der Waals surface area contributed by atoms with Gasteiger partial charge in [-0.1, -0.05) is 140 Å². The second-order valence-electron chi connectivity index (χ2n) is 16.2. The summed E-state index contributed by atoms with van der Waals surface area (Å²) >= 11 is 2.98. The molecule has 3 aromatic carbocycles. The molecule has 0 N–H and O–H groups in total. The Hall–Kier alpha value is -3.68. The molecule has 0 aliphatic heterocycles. The van der Waals surface area contributed by atoms with E-state index < -0.39 is 11.6 Å². The largest absolute Gasteiger partial charge is 0.203 e. The molecule has 6 aromatic rings. The van der Waals surface area contributed by atoms with Crippen LogP contribution in [0.4, 0.5) is 8.78 Å². The number of unbranched alkanes of at least 4 members (excludes halogenated alkanes) is 11. The Balaban J connectivity index is 1.28. The monoisotopic (exact) mass is 791 g/mol. The predicted molar refractivity (Wildman–Crippen MR) is 236 cm³/mol. The lowest BCUT2D eigenvalue weighted by atomic mass is 9.70. The molecule has 0 atom stereocenters. The SMILES string of the molecule is CCCCCCCCn1nc2c(-c3ccc(C)s3)c(F)c(F)c(-c3ccc(-c4ccc5c(c4)C(CCCCCC)(CCCCCC)c4cc(C)ccc4-5)s3)c2n1. The van der Waals surface area contributed by atoms with Crippen LogP contribution in [0.2, 0.25) is 0 Å². The maximum absolute atomic E-state index is 16.6. The van der Waals surface area contributed by atoms with Crippen LogP contribution in [-0.4, -0.2) is 15.0 Å². The summed E-state index contributed by atoms with van der Waals surface area (Å²) in [6.45, 7) is 11.6. The number of aromatic nitrogens is 3. The number of hydrogen-bond donors (Lipinski definition) is 0. The molecule has 0 radical (unpaired) electrons. The average Bonchev–Trinajstić information content (AvgIpc) is 4.00. The van der Waals surface area contributed by atoms with E-state index in [0.29, 0.717) is 27.3 Å². The number of thiophene rings is 2. The number of rotatable bonds is 20. The molecule has 0 saturated heterocycles. The third kappa shape index (κ3) is 8.18. The van der Waals surface area contributed by atoms with E-state index in [1.807, 2.05) is 25.1 Å². The molecule has 1 aliphatic rings. The van der Waals surface area contributed by atoms with E-state index in [-0.39, 0.29) is 16.5 Å². The third-order valence-electron chi connectivity index (χ3n) is 12.0. The minimum Gasteiger partial charge on any atom is -0.203 e. The number of hydrogen-bond acceptors (Lipinski definition) is 4. The summed E-state index contributed by atoms with van der Waals surface area (Å²) < 4.78 is 33.0. The van der Waals surface area contributed by atoms with Crippen LogP contribution in [0.25, 0.3) is 53.5 Å². The lowest BCUT2D eigenvalue weighted by Gasteiger charge is -2.33. The minimum absolute atomic E-state index is 0.0276. The second kappa shape index (κ2) is 18.3. The van der Waals surface area contributed by atoms with Gasteiger partial charge in [0.15, 0.2) is 11.6 Å². The van der Waals surface area contributed by atoms with E-state index in [9.17, 15) is 0 Å². The van der Waals surface area contributed by atoms with Crippen LogP contribution in [0.5, 0.6) is 0 Å². The zero-order chi connectivity index (χ0) is 39.2. The molecule has 0 bridgehead atoms. The van der Waals surface area contributed by atoms with E-state index in [2.05, 4.69) is 70.2 Å². The van der Waals surface area contributed by atoms with Gasteiger partial charge < -0.3 is 0 Å². The van der Waals surface area contributed by atoms with Gasteiger partial charge in [0.25, 0.3) is 0 Å². The Labute approximate surface area is 341 Å². The summed E-state index contributed by atoms with van der Waals surface area (Å²) in [6, 6.07) is 21.9. The van der Waals surface area contributed by atoms with E-state index in [4.69, 9.17) is 10.2 Å².